The fraction of sp³-hybridized carbons (Fsp3) is 0.382. The van der Waals surface area contributed by atoms with Crippen LogP contribution in [0.15, 0.2) is 65.9 Å². The minimum atomic E-state index is -1.17. The predicted octanol–water partition coefficient (Wildman–Crippen LogP) is 1.40. The minimum Gasteiger partial charge on any atom is -0.480 e. The number of carboxylic acids is 1. The Bertz CT molecular complexity index is 1760. The second-order valence-electron chi connectivity index (χ2n) is 12.3. The molecular weight excluding hydrogens is 614 g/mol. The van der Waals surface area contributed by atoms with E-state index in [1.807, 2.05) is 62.4 Å². The fourth-order valence-electron chi connectivity index (χ4n) is 5.63. The molecule has 14 heteroatoms. The Kier molecular flexibility index (Phi) is 12.2. The number of carbonyl (C=O) groups excluding carboxylic acids is 3. The van der Waals surface area contributed by atoms with E-state index in [1.54, 1.807) is 12.4 Å². The van der Waals surface area contributed by atoms with Gasteiger partial charge in [0, 0.05) is 53.6 Å². The van der Waals surface area contributed by atoms with Crippen molar-refractivity contribution in [2.45, 2.75) is 70.1 Å². The molecule has 0 aliphatic heterocycles. The van der Waals surface area contributed by atoms with Gasteiger partial charge >= 0.3 is 5.97 Å². The molecule has 0 bridgehead atoms. The van der Waals surface area contributed by atoms with Crippen molar-refractivity contribution in [3.8, 4) is 0 Å². The number of hydrogen-bond acceptors (Lipinski definition) is 6. The van der Waals surface area contributed by atoms with Gasteiger partial charge in [-0.3, -0.25) is 19.4 Å². The highest BCUT2D eigenvalue weighted by Gasteiger charge is 2.32. The van der Waals surface area contributed by atoms with Crippen LogP contribution >= 0.6 is 0 Å². The van der Waals surface area contributed by atoms with Crippen molar-refractivity contribution in [1.82, 2.24) is 25.9 Å². The summed E-state index contributed by atoms with van der Waals surface area (Å²) in [7, 11) is 0. The van der Waals surface area contributed by atoms with E-state index in [2.05, 4.69) is 30.9 Å². The number of amides is 3. The van der Waals surface area contributed by atoms with Crippen molar-refractivity contribution in [2.24, 2.45) is 28.1 Å². The summed E-state index contributed by atoms with van der Waals surface area (Å²) >= 11 is 0. The third kappa shape index (κ3) is 9.58. The Balaban J connectivity index is 1.61. The largest absolute Gasteiger partial charge is 0.480 e. The number of carboxylic acid groups (broad SMARTS) is 1. The van der Waals surface area contributed by atoms with E-state index < -0.39 is 47.9 Å². The first-order valence-corrected chi connectivity index (χ1v) is 16.0. The van der Waals surface area contributed by atoms with Gasteiger partial charge in [-0.15, -0.1) is 0 Å². The smallest absolute Gasteiger partial charge is 0.326 e. The molecule has 0 aliphatic carbocycles. The van der Waals surface area contributed by atoms with Crippen LogP contribution in [-0.2, 0) is 32.0 Å². The van der Waals surface area contributed by atoms with Crippen LogP contribution in [-0.4, -0.2) is 75.4 Å². The maximum absolute atomic E-state index is 14.1. The number of fused-ring (bicyclic) bond motifs is 2. The molecule has 2 aromatic heterocycles. The molecule has 12 N–H and O–H groups in total. The Hall–Kier alpha value is -5.37. The second-order valence-corrected chi connectivity index (χ2v) is 12.3. The number of para-hydroxylation sites is 2. The third-order valence-electron chi connectivity index (χ3n) is 8.09. The molecule has 0 fully saturated rings. The molecule has 2 heterocycles. The third-order valence-corrected chi connectivity index (χ3v) is 8.09. The van der Waals surface area contributed by atoms with E-state index in [0.29, 0.717) is 13.0 Å². The van der Waals surface area contributed by atoms with E-state index in [0.717, 1.165) is 32.9 Å². The van der Waals surface area contributed by atoms with Gasteiger partial charge in [0.1, 0.15) is 18.1 Å². The number of guanidine groups is 1. The lowest BCUT2D eigenvalue weighted by Gasteiger charge is -2.25. The standard InChI is InChI=1S/C34H45N9O5/c1-19(2)14-29(33(47)48)43-32(46)28(16-21-18-40-26-12-6-4-9-23(21)26)42-31(45)27(15-20-17-39-25-11-5-3-8-22(20)25)41-30(44)24(35)10-7-13-38-34(36)37/h3-6,8-9,11-12,17-19,24,27-29,39-40H,7,10,13-16,35H2,1-2H3,(H,41,44)(H,42,45)(H,43,46)(H,47,48)(H4,36,37,38). The van der Waals surface area contributed by atoms with Gasteiger partial charge in [0.05, 0.1) is 6.04 Å². The summed E-state index contributed by atoms with van der Waals surface area (Å²) in [4.78, 5) is 63.4. The zero-order chi connectivity index (χ0) is 34.8. The van der Waals surface area contributed by atoms with E-state index in [-0.39, 0.29) is 37.6 Å². The lowest BCUT2D eigenvalue weighted by Crippen LogP contribution is -2.58. The molecule has 4 unspecified atom stereocenters. The molecule has 0 spiro atoms. The van der Waals surface area contributed by atoms with Gasteiger partial charge in [0.25, 0.3) is 0 Å². The number of aromatic nitrogens is 2. The Morgan fingerprint density at radius 2 is 1.25 bits per heavy atom. The lowest BCUT2D eigenvalue weighted by atomic mass is 10.00. The minimum absolute atomic E-state index is 0.00694. The van der Waals surface area contributed by atoms with Crippen molar-refractivity contribution in [1.29, 1.82) is 0 Å². The molecule has 0 saturated heterocycles. The van der Waals surface area contributed by atoms with Crippen molar-refractivity contribution in [3.05, 3.63) is 72.1 Å². The Morgan fingerprint density at radius 1 is 0.771 bits per heavy atom. The van der Waals surface area contributed by atoms with Crippen LogP contribution in [0.2, 0.25) is 0 Å². The van der Waals surface area contributed by atoms with Gasteiger partial charge in [-0.25, -0.2) is 4.79 Å². The van der Waals surface area contributed by atoms with Gasteiger partial charge in [-0.2, -0.15) is 0 Å². The molecule has 3 amide bonds. The molecule has 0 radical (unpaired) electrons. The summed E-state index contributed by atoms with van der Waals surface area (Å²) in [5, 5.41) is 19.8. The molecule has 48 heavy (non-hydrogen) atoms. The number of nitrogens with zero attached hydrogens (tertiary/aromatic N) is 1. The highest BCUT2D eigenvalue weighted by atomic mass is 16.4. The number of rotatable bonds is 17. The van der Waals surface area contributed by atoms with E-state index >= 15 is 0 Å². The SMILES string of the molecule is CC(C)CC(NC(=O)C(Cc1c[nH]c2ccccc12)NC(=O)C(Cc1c[nH]c2ccccc12)NC(=O)C(N)CCCN=C(N)N)C(=O)O. The maximum atomic E-state index is 14.1. The van der Waals surface area contributed by atoms with E-state index in [4.69, 9.17) is 17.2 Å². The average Bonchev–Trinajstić information content (AvgIpc) is 3.65. The zero-order valence-electron chi connectivity index (χ0n) is 27.2. The highest BCUT2D eigenvalue weighted by molar-refractivity contribution is 5.95. The number of carbonyl (C=O) groups is 4. The molecule has 0 saturated carbocycles. The van der Waals surface area contributed by atoms with Gasteiger partial charge in [0.15, 0.2) is 5.96 Å². The van der Waals surface area contributed by atoms with Crippen LogP contribution in [0.5, 0.6) is 0 Å². The van der Waals surface area contributed by atoms with Gasteiger partial charge in [-0.1, -0.05) is 50.2 Å². The van der Waals surface area contributed by atoms with Gasteiger partial charge in [-0.05, 0) is 48.4 Å². The molecule has 4 atom stereocenters. The van der Waals surface area contributed by atoms with Crippen LogP contribution in [0.3, 0.4) is 0 Å². The first-order valence-electron chi connectivity index (χ1n) is 16.0. The molecule has 256 valence electrons. The van der Waals surface area contributed by atoms with Crippen molar-refractivity contribution < 1.29 is 24.3 Å². The van der Waals surface area contributed by atoms with Crippen LogP contribution < -0.4 is 33.2 Å². The van der Waals surface area contributed by atoms with Crippen molar-refractivity contribution in [3.63, 3.8) is 0 Å². The summed E-state index contributed by atoms with van der Waals surface area (Å²) in [5.74, 6) is -3.08. The normalized spacial score (nSPS) is 13.8. The van der Waals surface area contributed by atoms with Crippen LogP contribution in [0.1, 0.15) is 44.2 Å². The lowest BCUT2D eigenvalue weighted by molar-refractivity contribution is -0.142. The van der Waals surface area contributed by atoms with Crippen LogP contribution in [0, 0.1) is 5.92 Å². The Morgan fingerprint density at radius 3 is 1.73 bits per heavy atom. The molecule has 4 rings (SSSR count). The molecule has 4 aromatic rings. The number of aliphatic imine (C=N–C) groups is 1. The number of H-pyrrole nitrogens is 2. The number of benzene rings is 2. The predicted molar refractivity (Wildman–Crippen MR) is 185 cm³/mol. The second kappa shape index (κ2) is 16.5. The number of aliphatic carboxylic acids is 1. The number of aromatic amines is 2. The van der Waals surface area contributed by atoms with Crippen LogP contribution in [0.4, 0.5) is 0 Å². The summed E-state index contributed by atoms with van der Waals surface area (Å²) in [5.41, 5.74) is 20.2. The number of nitrogens with two attached hydrogens (primary N) is 3. The first-order chi connectivity index (χ1) is 22.9. The average molecular weight is 660 g/mol. The van der Waals surface area contributed by atoms with Gasteiger partial charge in [0.2, 0.25) is 17.7 Å². The molecule has 2 aromatic carbocycles. The molecule has 0 aliphatic rings. The topological polar surface area (TPSA) is 247 Å². The van der Waals surface area contributed by atoms with Crippen LogP contribution in [0.25, 0.3) is 21.8 Å². The summed E-state index contributed by atoms with van der Waals surface area (Å²) in [6, 6.07) is 10.7. The van der Waals surface area contributed by atoms with Crippen molar-refractivity contribution in [2.75, 3.05) is 6.54 Å². The monoisotopic (exact) mass is 659 g/mol. The van der Waals surface area contributed by atoms with Gasteiger partial charge < -0.3 is 48.2 Å². The number of nitrogens with one attached hydrogen (secondary N) is 5. The van der Waals surface area contributed by atoms with Crippen molar-refractivity contribution >= 4 is 51.5 Å². The fourth-order valence-corrected chi connectivity index (χ4v) is 5.63. The molecular formula is C34H45N9O5. The summed E-state index contributed by atoms with van der Waals surface area (Å²) < 4.78 is 0. The maximum Gasteiger partial charge on any atom is 0.326 e. The first kappa shape index (κ1) is 35.5. The quantitative estimate of drug-likeness (QED) is 0.0454. The summed E-state index contributed by atoms with van der Waals surface area (Å²) in [6.07, 6.45) is 4.59. The number of hydrogen-bond donors (Lipinski definition) is 9. The zero-order valence-corrected chi connectivity index (χ0v) is 27.2. The van der Waals surface area contributed by atoms with E-state index in [9.17, 15) is 24.3 Å². The summed E-state index contributed by atoms with van der Waals surface area (Å²) in [6.45, 7) is 4.01. The highest BCUT2D eigenvalue weighted by Crippen LogP contribution is 2.21. The Labute approximate surface area is 278 Å². The van der Waals surface area contributed by atoms with E-state index in [1.165, 1.54) is 0 Å². The molecule has 14 nitrogen and oxygen atoms in total.